The first-order chi connectivity index (χ1) is 18.6. The van der Waals surface area contributed by atoms with Gasteiger partial charge in [-0.3, -0.25) is 4.79 Å². The molecule has 1 saturated heterocycles. The van der Waals surface area contributed by atoms with Gasteiger partial charge in [0.05, 0.1) is 11.7 Å². The fourth-order valence-corrected chi connectivity index (χ4v) is 6.20. The number of amides is 1. The van der Waals surface area contributed by atoms with E-state index in [4.69, 9.17) is 9.15 Å². The number of nitrogens with one attached hydrogen (secondary N) is 1. The van der Waals surface area contributed by atoms with Crippen molar-refractivity contribution in [3.05, 3.63) is 46.1 Å². The van der Waals surface area contributed by atoms with Crippen LogP contribution in [0.25, 0.3) is 11.0 Å². The third-order valence-corrected chi connectivity index (χ3v) is 8.49. The Labute approximate surface area is 229 Å². The quantitative estimate of drug-likeness (QED) is 0.406. The number of carbonyl (C=O) groups is 1. The number of piperidine rings is 1. The van der Waals surface area contributed by atoms with Gasteiger partial charge in [0.1, 0.15) is 23.1 Å². The molecule has 1 N–H and O–H groups in total. The highest BCUT2D eigenvalue weighted by atomic mass is 16.5. The minimum absolute atomic E-state index is 0.0703. The molecule has 9 nitrogen and oxygen atoms in total. The van der Waals surface area contributed by atoms with E-state index in [-0.39, 0.29) is 23.0 Å². The van der Waals surface area contributed by atoms with Crippen LogP contribution in [0, 0.1) is 18.8 Å². The van der Waals surface area contributed by atoms with Crippen LogP contribution in [0.15, 0.2) is 33.6 Å². The standard InChI is InChI=1S/C30H41N5O4/c1-19-7-6-8-21(15-19)17-30(3,4)35-18-25(32-33-35)28(36)31-24-16-22-9-10-26(20(2)27(22)39-29(24)37)38-23-11-13-34(5)14-12-23/h9-10,16,18-19,21,23H,6-8,11-15,17H2,1-5H3,(H,31,36). The fraction of sp³-hybridized carbons (Fsp3) is 0.600. The van der Waals surface area contributed by atoms with Gasteiger partial charge >= 0.3 is 5.63 Å². The number of hydrogen-bond donors (Lipinski definition) is 1. The Morgan fingerprint density at radius 1 is 1.21 bits per heavy atom. The minimum Gasteiger partial charge on any atom is -0.490 e. The number of nitrogens with zero attached hydrogens (tertiary/aromatic N) is 4. The van der Waals surface area contributed by atoms with E-state index in [1.807, 2.05) is 19.1 Å². The molecule has 5 rings (SSSR count). The molecule has 1 aromatic carbocycles. The number of aromatic nitrogens is 3. The highest BCUT2D eigenvalue weighted by Crippen LogP contribution is 2.36. The third-order valence-electron chi connectivity index (χ3n) is 8.49. The topological polar surface area (TPSA) is 102 Å². The Bertz CT molecular complexity index is 1390. The SMILES string of the molecule is Cc1c(OC2CCN(C)CC2)ccc2cc(NC(=O)c3cn(C(C)(C)CC4CCCC(C)C4)nn3)c(=O)oc12. The van der Waals surface area contributed by atoms with Crippen LogP contribution < -0.4 is 15.7 Å². The van der Waals surface area contributed by atoms with E-state index in [9.17, 15) is 9.59 Å². The van der Waals surface area contributed by atoms with Gasteiger partial charge in [0.2, 0.25) is 0 Å². The van der Waals surface area contributed by atoms with Crippen molar-refractivity contribution >= 4 is 22.6 Å². The molecule has 1 aliphatic heterocycles. The van der Waals surface area contributed by atoms with E-state index in [1.54, 1.807) is 16.9 Å². The summed E-state index contributed by atoms with van der Waals surface area (Å²) in [4.78, 5) is 28.1. The van der Waals surface area contributed by atoms with Crippen LogP contribution in [0.1, 0.15) is 81.8 Å². The molecule has 2 aliphatic rings. The summed E-state index contributed by atoms with van der Waals surface area (Å²) >= 11 is 0. The molecule has 1 saturated carbocycles. The predicted octanol–water partition coefficient (Wildman–Crippen LogP) is 5.37. The van der Waals surface area contributed by atoms with E-state index < -0.39 is 11.5 Å². The molecule has 39 heavy (non-hydrogen) atoms. The third kappa shape index (κ3) is 6.19. The lowest BCUT2D eigenvalue weighted by atomic mass is 9.77. The van der Waals surface area contributed by atoms with Gasteiger partial charge in [0.15, 0.2) is 5.69 Å². The zero-order valence-electron chi connectivity index (χ0n) is 23.8. The number of rotatable bonds is 7. The van der Waals surface area contributed by atoms with Crippen LogP contribution in [-0.4, -0.2) is 52.0 Å². The average Bonchev–Trinajstić information content (AvgIpc) is 3.40. The molecule has 1 amide bonds. The van der Waals surface area contributed by atoms with E-state index in [0.717, 1.165) is 49.6 Å². The average molecular weight is 536 g/mol. The molecule has 0 spiro atoms. The number of fused-ring (bicyclic) bond motifs is 1. The van der Waals surface area contributed by atoms with Crippen molar-refractivity contribution in [3.8, 4) is 5.75 Å². The number of ether oxygens (including phenoxy) is 1. The molecule has 2 aromatic heterocycles. The van der Waals surface area contributed by atoms with Gasteiger partial charge in [-0.2, -0.15) is 0 Å². The summed E-state index contributed by atoms with van der Waals surface area (Å²) in [6.45, 7) is 10.5. The van der Waals surface area contributed by atoms with Crippen LogP contribution in [0.2, 0.25) is 0 Å². The second kappa shape index (κ2) is 11.1. The molecule has 0 radical (unpaired) electrons. The fourth-order valence-electron chi connectivity index (χ4n) is 6.20. The van der Waals surface area contributed by atoms with Crippen molar-refractivity contribution in [2.45, 2.75) is 84.3 Å². The van der Waals surface area contributed by atoms with Crippen molar-refractivity contribution in [2.24, 2.45) is 11.8 Å². The molecule has 1 aliphatic carbocycles. The van der Waals surface area contributed by atoms with Gasteiger partial charge in [-0.25, -0.2) is 9.48 Å². The molecule has 210 valence electrons. The van der Waals surface area contributed by atoms with Crippen LogP contribution in [0.5, 0.6) is 5.75 Å². The molecule has 2 atom stereocenters. The normalized spacial score (nSPS) is 21.3. The summed E-state index contributed by atoms with van der Waals surface area (Å²) in [7, 11) is 2.12. The van der Waals surface area contributed by atoms with E-state index in [2.05, 4.69) is 48.3 Å². The minimum atomic E-state index is -0.616. The Hall–Kier alpha value is -3.20. The van der Waals surface area contributed by atoms with Gasteiger partial charge in [0, 0.05) is 24.0 Å². The van der Waals surface area contributed by atoms with E-state index >= 15 is 0 Å². The van der Waals surface area contributed by atoms with Crippen LogP contribution in [0.3, 0.4) is 0 Å². The molecule has 3 heterocycles. The number of aryl methyl sites for hydroxylation is 1. The maximum Gasteiger partial charge on any atom is 0.360 e. The summed E-state index contributed by atoms with van der Waals surface area (Å²) in [6, 6.07) is 5.41. The van der Waals surface area contributed by atoms with E-state index in [1.165, 1.54) is 25.7 Å². The zero-order valence-corrected chi connectivity index (χ0v) is 23.8. The molecule has 9 heteroatoms. The first-order valence-corrected chi connectivity index (χ1v) is 14.3. The lowest BCUT2D eigenvalue weighted by Gasteiger charge is -2.33. The molecule has 2 unspecified atom stereocenters. The summed E-state index contributed by atoms with van der Waals surface area (Å²) in [5, 5.41) is 11.8. The van der Waals surface area contributed by atoms with Crippen molar-refractivity contribution in [1.82, 2.24) is 19.9 Å². The maximum absolute atomic E-state index is 13.0. The number of likely N-dealkylation sites (tertiary alicyclic amines) is 1. The van der Waals surface area contributed by atoms with Crippen molar-refractivity contribution in [1.29, 1.82) is 0 Å². The summed E-state index contributed by atoms with van der Waals surface area (Å²) in [5.74, 6) is 1.63. The van der Waals surface area contributed by atoms with Gasteiger partial charge < -0.3 is 19.4 Å². The monoisotopic (exact) mass is 535 g/mol. The molecular weight excluding hydrogens is 494 g/mol. The summed E-state index contributed by atoms with van der Waals surface area (Å²) in [5.41, 5.74) is 0.597. The first kappa shape index (κ1) is 27.4. The van der Waals surface area contributed by atoms with Crippen molar-refractivity contribution in [2.75, 3.05) is 25.5 Å². The van der Waals surface area contributed by atoms with Gasteiger partial charge in [-0.1, -0.05) is 31.4 Å². The van der Waals surface area contributed by atoms with Crippen molar-refractivity contribution < 1.29 is 13.9 Å². The Balaban J connectivity index is 1.28. The second-order valence-electron chi connectivity index (χ2n) is 12.3. The number of hydrogen-bond acceptors (Lipinski definition) is 7. The van der Waals surface area contributed by atoms with Crippen LogP contribution >= 0.6 is 0 Å². The van der Waals surface area contributed by atoms with Gasteiger partial charge in [0.25, 0.3) is 5.91 Å². The highest BCUT2D eigenvalue weighted by molar-refractivity contribution is 6.03. The summed E-state index contributed by atoms with van der Waals surface area (Å²) in [6.07, 6.45) is 9.77. The van der Waals surface area contributed by atoms with Crippen LogP contribution in [-0.2, 0) is 5.54 Å². The highest BCUT2D eigenvalue weighted by Gasteiger charge is 2.30. The number of anilines is 1. The number of benzene rings is 1. The molecule has 3 aromatic rings. The first-order valence-electron chi connectivity index (χ1n) is 14.3. The second-order valence-corrected chi connectivity index (χ2v) is 12.3. The zero-order chi connectivity index (χ0) is 27.7. The largest absolute Gasteiger partial charge is 0.490 e. The Morgan fingerprint density at radius 2 is 1.97 bits per heavy atom. The molecule has 2 fully saturated rings. The predicted molar refractivity (Wildman–Crippen MR) is 151 cm³/mol. The Morgan fingerprint density at radius 3 is 2.72 bits per heavy atom. The lowest BCUT2D eigenvalue weighted by Crippen LogP contribution is -2.35. The smallest absolute Gasteiger partial charge is 0.360 e. The van der Waals surface area contributed by atoms with Gasteiger partial charge in [-0.15, -0.1) is 5.10 Å². The lowest BCUT2D eigenvalue weighted by molar-refractivity contribution is 0.102. The maximum atomic E-state index is 13.0. The molecule has 0 bridgehead atoms. The Kier molecular flexibility index (Phi) is 7.80. The molecular formula is C30H41N5O4. The van der Waals surface area contributed by atoms with Crippen LogP contribution in [0.4, 0.5) is 5.69 Å². The van der Waals surface area contributed by atoms with Crippen molar-refractivity contribution in [3.63, 3.8) is 0 Å². The van der Waals surface area contributed by atoms with Gasteiger partial charge in [-0.05, 0) is 83.5 Å². The van der Waals surface area contributed by atoms with E-state index in [0.29, 0.717) is 16.9 Å². The number of carbonyl (C=O) groups excluding carboxylic acids is 1. The summed E-state index contributed by atoms with van der Waals surface area (Å²) < 4.78 is 13.7.